The molecule has 5 aromatic rings. The van der Waals surface area contributed by atoms with Crippen molar-refractivity contribution in [1.29, 1.82) is 0 Å². The predicted octanol–water partition coefficient (Wildman–Crippen LogP) is 4.28. The minimum Gasteiger partial charge on any atom is -0.383 e. The van der Waals surface area contributed by atoms with E-state index in [0.29, 0.717) is 52.0 Å². The maximum absolute atomic E-state index is 12.6. The fraction of sp³-hybridized carbons (Fsp3) is 0.185. The van der Waals surface area contributed by atoms with Crippen LogP contribution in [0.25, 0.3) is 34.3 Å². The van der Waals surface area contributed by atoms with Gasteiger partial charge in [-0.1, -0.05) is 64.9 Å². The number of aliphatic hydroxyl groups excluding tert-OH is 1. The number of anilines is 1. The van der Waals surface area contributed by atoms with Gasteiger partial charge in [0.05, 0.1) is 0 Å². The van der Waals surface area contributed by atoms with Crippen LogP contribution in [0.2, 0.25) is 0 Å². The summed E-state index contributed by atoms with van der Waals surface area (Å²) in [7, 11) is 0. The number of rotatable bonds is 8. The minimum absolute atomic E-state index is 0.106. The van der Waals surface area contributed by atoms with Gasteiger partial charge >= 0.3 is 0 Å². The monoisotopic (exact) mass is 496 g/mol. The number of benzene rings is 2. The summed E-state index contributed by atoms with van der Waals surface area (Å²) in [6.07, 6.45) is 0.790. The fourth-order valence-corrected chi connectivity index (χ4v) is 3.93. The highest BCUT2D eigenvalue weighted by molar-refractivity contribution is 5.84. The number of nitrogen functional groups attached to an aromatic ring is 1. The third-order valence-corrected chi connectivity index (χ3v) is 6.04. The van der Waals surface area contributed by atoms with Crippen LogP contribution in [0.1, 0.15) is 35.0 Å². The lowest BCUT2D eigenvalue weighted by atomic mass is 9.99. The van der Waals surface area contributed by atoms with Crippen molar-refractivity contribution in [2.75, 3.05) is 5.73 Å². The highest BCUT2D eigenvalue weighted by Gasteiger charge is 2.22. The van der Waals surface area contributed by atoms with E-state index in [1.807, 2.05) is 37.3 Å². The van der Waals surface area contributed by atoms with Crippen molar-refractivity contribution >= 4 is 11.6 Å². The topological polar surface area (TPSA) is 154 Å². The molecule has 0 fully saturated rings. The Hall–Kier alpha value is -4.70. The SMILES string of the molecule is Cc1ncc(CCC(=O)C(O)c2ccc(-c3noc(-c4onc(-c5ccccc5)c4C)n3)cc2)c(N)n1. The minimum atomic E-state index is -1.27. The summed E-state index contributed by atoms with van der Waals surface area (Å²) < 4.78 is 10.9. The first kappa shape index (κ1) is 24.0. The smallest absolute Gasteiger partial charge is 0.297 e. The van der Waals surface area contributed by atoms with Gasteiger partial charge in [0.15, 0.2) is 5.78 Å². The average Bonchev–Trinajstić information content (AvgIpc) is 3.55. The van der Waals surface area contributed by atoms with E-state index in [9.17, 15) is 9.90 Å². The second-order valence-corrected chi connectivity index (χ2v) is 8.59. The number of nitrogens with two attached hydrogens (primary N) is 1. The van der Waals surface area contributed by atoms with Crippen molar-refractivity contribution in [2.24, 2.45) is 0 Å². The zero-order valence-corrected chi connectivity index (χ0v) is 20.3. The van der Waals surface area contributed by atoms with Gasteiger partial charge in [0.2, 0.25) is 11.6 Å². The molecule has 10 heteroatoms. The molecule has 0 spiro atoms. The van der Waals surface area contributed by atoms with E-state index >= 15 is 0 Å². The number of nitrogens with zero attached hydrogens (tertiary/aromatic N) is 5. The molecule has 0 amide bonds. The van der Waals surface area contributed by atoms with E-state index < -0.39 is 6.10 Å². The molecule has 0 aliphatic heterocycles. The lowest BCUT2D eigenvalue weighted by Crippen LogP contribution is -2.13. The Kier molecular flexibility index (Phi) is 6.57. The molecule has 0 saturated carbocycles. The standard InChI is InChI=1S/C27H24N6O4/c1-15-22(17-6-4-3-5-7-17)32-36-24(15)27-31-26(33-37-27)19-10-8-18(9-11-19)23(35)21(34)13-12-20-14-29-16(2)30-25(20)28/h3-11,14,23,35H,12-13H2,1-2H3,(H2,28,29,30). The number of aryl methyl sites for hydroxylation is 2. The van der Waals surface area contributed by atoms with Crippen LogP contribution in [0, 0.1) is 13.8 Å². The van der Waals surface area contributed by atoms with Crippen LogP contribution in [0.4, 0.5) is 5.82 Å². The van der Waals surface area contributed by atoms with Crippen LogP contribution in [0.15, 0.2) is 69.8 Å². The first-order chi connectivity index (χ1) is 17.9. The van der Waals surface area contributed by atoms with Crippen LogP contribution >= 0.6 is 0 Å². The van der Waals surface area contributed by atoms with Crippen molar-refractivity contribution in [3.8, 4) is 34.3 Å². The van der Waals surface area contributed by atoms with Gasteiger partial charge in [-0.15, -0.1) is 0 Å². The molecule has 0 aliphatic rings. The highest BCUT2D eigenvalue weighted by Crippen LogP contribution is 2.32. The van der Waals surface area contributed by atoms with Gasteiger partial charge in [-0.3, -0.25) is 4.79 Å². The molecular formula is C27H24N6O4. The van der Waals surface area contributed by atoms with E-state index in [1.165, 1.54) is 0 Å². The second-order valence-electron chi connectivity index (χ2n) is 8.59. The van der Waals surface area contributed by atoms with E-state index in [2.05, 4.69) is 25.3 Å². The van der Waals surface area contributed by atoms with Crippen molar-refractivity contribution in [3.63, 3.8) is 0 Å². The van der Waals surface area contributed by atoms with Crippen LogP contribution in [-0.4, -0.2) is 36.2 Å². The zero-order chi connectivity index (χ0) is 25.9. The number of hydrogen-bond donors (Lipinski definition) is 2. The average molecular weight is 497 g/mol. The van der Waals surface area contributed by atoms with E-state index in [4.69, 9.17) is 14.8 Å². The van der Waals surface area contributed by atoms with Crippen molar-refractivity contribution in [1.82, 2.24) is 25.3 Å². The van der Waals surface area contributed by atoms with Gasteiger partial charge < -0.3 is 19.9 Å². The van der Waals surface area contributed by atoms with E-state index in [1.54, 1.807) is 37.4 Å². The van der Waals surface area contributed by atoms with Gasteiger partial charge in [-0.25, -0.2) is 9.97 Å². The second kappa shape index (κ2) is 10.1. The zero-order valence-electron chi connectivity index (χ0n) is 20.3. The number of carbonyl (C=O) groups is 1. The first-order valence-electron chi connectivity index (χ1n) is 11.7. The van der Waals surface area contributed by atoms with Crippen molar-refractivity contribution in [2.45, 2.75) is 32.8 Å². The Morgan fingerprint density at radius 1 is 0.973 bits per heavy atom. The molecule has 0 aliphatic carbocycles. The largest absolute Gasteiger partial charge is 0.383 e. The molecule has 1 atom stereocenters. The Morgan fingerprint density at radius 3 is 2.46 bits per heavy atom. The summed E-state index contributed by atoms with van der Waals surface area (Å²) in [4.78, 5) is 25.2. The summed E-state index contributed by atoms with van der Waals surface area (Å²) in [5, 5.41) is 18.7. The Labute approximate surface area is 212 Å². The lowest BCUT2D eigenvalue weighted by Gasteiger charge is -2.11. The van der Waals surface area contributed by atoms with Crippen LogP contribution in [-0.2, 0) is 11.2 Å². The molecule has 1 unspecified atom stereocenters. The molecular weight excluding hydrogens is 472 g/mol. The number of aliphatic hydroxyl groups is 1. The van der Waals surface area contributed by atoms with E-state index in [0.717, 1.165) is 11.1 Å². The van der Waals surface area contributed by atoms with Crippen LogP contribution < -0.4 is 5.73 Å². The Morgan fingerprint density at radius 2 is 1.73 bits per heavy atom. The molecule has 37 heavy (non-hydrogen) atoms. The third kappa shape index (κ3) is 5.00. The number of hydrogen-bond acceptors (Lipinski definition) is 10. The molecule has 3 heterocycles. The Bertz CT molecular complexity index is 1540. The predicted molar refractivity (Wildman–Crippen MR) is 135 cm³/mol. The molecule has 3 N–H and O–H groups in total. The van der Waals surface area contributed by atoms with Gasteiger partial charge in [0.25, 0.3) is 5.89 Å². The summed E-state index contributed by atoms with van der Waals surface area (Å²) in [5.74, 6) is 1.53. The quantitative estimate of drug-likeness (QED) is 0.318. The Balaban J connectivity index is 1.27. The number of ketones is 1. The van der Waals surface area contributed by atoms with E-state index in [-0.39, 0.29) is 18.1 Å². The number of Topliss-reactive ketones (excluding diaryl/α,β-unsaturated/α-hetero) is 1. The van der Waals surface area contributed by atoms with Gasteiger partial charge in [-0.2, -0.15) is 4.98 Å². The molecule has 5 rings (SSSR count). The highest BCUT2D eigenvalue weighted by atomic mass is 16.5. The molecule has 0 saturated heterocycles. The fourth-order valence-electron chi connectivity index (χ4n) is 3.93. The molecule has 186 valence electrons. The first-order valence-corrected chi connectivity index (χ1v) is 11.7. The summed E-state index contributed by atoms with van der Waals surface area (Å²) in [6, 6.07) is 16.4. The summed E-state index contributed by atoms with van der Waals surface area (Å²) in [6.45, 7) is 3.62. The maximum atomic E-state index is 12.6. The molecule has 10 nitrogen and oxygen atoms in total. The maximum Gasteiger partial charge on any atom is 0.297 e. The van der Waals surface area contributed by atoms with Crippen LogP contribution in [0.3, 0.4) is 0 Å². The van der Waals surface area contributed by atoms with Crippen LogP contribution in [0.5, 0.6) is 0 Å². The summed E-state index contributed by atoms with van der Waals surface area (Å²) >= 11 is 0. The van der Waals surface area contributed by atoms with Crippen molar-refractivity contribution < 1.29 is 18.9 Å². The normalized spacial score (nSPS) is 12.0. The molecule has 0 bridgehead atoms. The van der Waals surface area contributed by atoms with Gasteiger partial charge in [0.1, 0.15) is 23.4 Å². The molecule has 0 radical (unpaired) electrons. The number of aromatic nitrogens is 5. The number of carbonyl (C=O) groups excluding carboxylic acids is 1. The van der Waals surface area contributed by atoms with Crippen molar-refractivity contribution in [3.05, 3.63) is 83.3 Å². The molecule has 2 aromatic carbocycles. The molecule has 3 aromatic heterocycles. The lowest BCUT2D eigenvalue weighted by molar-refractivity contribution is -0.127. The third-order valence-electron chi connectivity index (χ3n) is 6.04. The van der Waals surface area contributed by atoms with Gasteiger partial charge in [0, 0.05) is 34.9 Å². The summed E-state index contributed by atoms with van der Waals surface area (Å²) in [5.41, 5.74) is 10.1. The van der Waals surface area contributed by atoms with Gasteiger partial charge in [-0.05, 0) is 25.8 Å².